The molecule has 182 valence electrons. The zero-order valence-corrected chi connectivity index (χ0v) is 20.4. The predicted molar refractivity (Wildman–Crippen MR) is 137 cm³/mol. The topological polar surface area (TPSA) is 50.8 Å². The fraction of sp³-hybridized carbons (Fsp3) is 0.345. The summed E-state index contributed by atoms with van der Waals surface area (Å²) in [6, 6.07) is 18.7. The van der Waals surface area contributed by atoms with Crippen molar-refractivity contribution in [3.8, 4) is 5.75 Å². The van der Waals surface area contributed by atoms with Gasteiger partial charge in [-0.05, 0) is 91.1 Å². The summed E-state index contributed by atoms with van der Waals surface area (Å²) < 4.78 is 25.2. The third-order valence-electron chi connectivity index (χ3n) is 7.69. The summed E-state index contributed by atoms with van der Waals surface area (Å²) in [4.78, 5) is 14.2. The summed E-state index contributed by atoms with van der Waals surface area (Å²) in [7, 11) is 4.76. The molecular weight excluding hydrogens is 443 g/mol. The Balaban J connectivity index is 1.32. The van der Waals surface area contributed by atoms with Crippen molar-refractivity contribution in [2.45, 2.75) is 31.6 Å². The number of fused-ring (bicyclic) bond motifs is 2. The number of carbonyl (C=O) groups is 1. The van der Waals surface area contributed by atoms with Crippen LogP contribution in [0.5, 0.6) is 5.75 Å². The van der Waals surface area contributed by atoms with Gasteiger partial charge >= 0.3 is 5.97 Å². The van der Waals surface area contributed by atoms with Gasteiger partial charge in [-0.3, -0.25) is 0 Å². The van der Waals surface area contributed by atoms with Gasteiger partial charge in [0.2, 0.25) is 0 Å². The van der Waals surface area contributed by atoms with Crippen LogP contribution in [-0.4, -0.2) is 27.2 Å². The van der Waals surface area contributed by atoms with Gasteiger partial charge < -0.3 is 19.7 Å². The number of methoxy groups -OCH3 is 2. The van der Waals surface area contributed by atoms with Gasteiger partial charge in [0, 0.05) is 18.4 Å². The van der Waals surface area contributed by atoms with Crippen LogP contribution >= 0.6 is 0 Å². The molecule has 0 spiro atoms. The molecule has 1 N–H and O–H groups in total. The Hall–Kier alpha value is -3.54. The van der Waals surface area contributed by atoms with Crippen LogP contribution in [0.25, 0.3) is 0 Å². The zero-order valence-electron chi connectivity index (χ0n) is 20.4. The minimum absolute atomic E-state index is 0.267. The van der Waals surface area contributed by atoms with E-state index in [-0.39, 0.29) is 11.3 Å². The molecule has 3 unspecified atom stereocenters. The standard InChI is InChI=1S/C29H31FN2O3/c1-32(21-8-6-19(7-9-21)24-15-18-4-5-20(24)14-18)22-10-12-28(26(30)16-22)31-27-13-11-23(34-2)17-25(27)29(33)35-3/h6-13,16-18,20,24,31H,4-5,14-15H2,1-3H3. The average molecular weight is 475 g/mol. The monoisotopic (exact) mass is 474 g/mol. The van der Waals surface area contributed by atoms with Crippen LogP contribution in [0.2, 0.25) is 0 Å². The minimum atomic E-state index is -0.531. The molecule has 6 heteroatoms. The van der Waals surface area contributed by atoms with Crippen molar-refractivity contribution in [2.24, 2.45) is 11.8 Å². The molecule has 5 rings (SSSR count). The van der Waals surface area contributed by atoms with Crippen LogP contribution < -0.4 is 15.0 Å². The molecule has 3 aromatic rings. The van der Waals surface area contributed by atoms with E-state index in [9.17, 15) is 4.79 Å². The first-order valence-electron chi connectivity index (χ1n) is 12.1. The van der Waals surface area contributed by atoms with Crippen molar-refractivity contribution in [1.29, 1.82) is 0 Å². The van der Waals surface area contributed by atoms with Crippen LogP contribution in [0.4, 0.5) is 27.1 Å². The molecule has 3 aromatic carbocycles. The number of anilines is 4. The molecular formula is C29H31FN2O3. The van der Waals surface area contributed by atoms with Gasteiger partial charge in [0.15, 0.2) is 0 Å². The zero-order chi connectivity index (χ0) is 24.5. The summed E-state index contributed by atoms with van der Waals surface area (Å²) >= 11 is 0. The van der Waals surface area contributed by atoms with Gasteiger partial charge in [0.25, 0.3) is 0 Å². The molecule has 0 aromatic heterocycles. The van der Waals surface area contributed by atoms with E-state index < -0.39 is 11.8 Å². The van der Waals surface area contributed by atoms with Gasteiger partial charge in [0.05, 0.1) is 31.2 Å². The second kappa shape index (κ2) is 9.61. The lowest BCUT2D eigenvalue weighted by atomic mass is 9.83. The first-order valence-corrected chi connectivity index (χ1v) is 12.1. The lowest BCUT2D eigenvalue weighted by molar-refractivity contribution is 0.0601. The molecule has 5 nitrogen and oxygen atoms in total. The van der Waals surface area contributed by atoms with Crippen molar-refractivity contribution in [3.63, 3.8) is 0 Å². The third kappa shape index (κ3) is 4.57. The van der Waals surface area contributed by atoms with Crippen molar-refractivity contribution < 1.29 is 18.7 Å². The van der Waals surface area contributed by atoms with E-state index in [0.717, 1.165) is 23.2 Å². The van der Waals surface area contributed by atoms with E-state index in [1.165, 1.54) is 51.5 Å². The number of benzene rings is 3. The maximum absolute atomic E-state index is 15.1. The largest absolute Gasteiger partial charge is 0.497 e. The Kier molecular flexibility index (Phi) is 6.37. The van der Waals surface area contributed by atoms with E-state index in [0.29, 0.717) is 17.4 Å². The molecule has 2 aliphatic rings. The smallest absolute Gasteiger partial charge is 0.340 e. The molecule has 2 fully saturated rings. The Morgan fingerprint density at radius 2 is 1.69 bits per heavy atom. The van der Waals surface area contributed by atoms with Crippen molar-refractivity contribution in [3.05, 3.63) is 77.6 Å². The number of halogens is 1. The van der Waals surface area contributed by atoms with Gasteiger partial charge in [0.1, 0.15) is 11.6 Å². The first-order chi connectivity index (χ1) is 17.0. The number of nitrogens with one attached hydrogen (secondary N) is 1. The SMILES string of the molecule is COC(=O)c1cc(OC)ccc1Nc1ccc(N(C)c2ccc(C3CC4CCC3C4)cc2)cc1F. The summed E-state index contributed by atoms with van der Waals surface area (Å²) in [6.45, 7) is 0. The van der Waals surface area contributed by atoms with Crippen molar-refractivity contribution >= 4 is 28.7 Å². The normalized spacial score (nSPS) is 20.5. The Morgan fingerprint density at radius 3 is 2.31 bits per heavy atom. The summed E-state index contributed by atoms with van der Waals surface area (Å²) in [5.74, 6) is 2.03. The second-order valence-corrected chi connectivity index (χ2v) is 9.62. The van der Waals surface area contributed by atoms with Crippen LogP contribution in [0, 0.1) is 17.7 Å². The highest BCUT2D eigenvalue weighted by atomic mass is 19.1. The fourth-order valence-corrected chi connectivity index (χ4v) is 5.74. The van der Waals surface area contributed by atoms with E-state index in [4.69, 9.17) is 9.47 Å². The van der Waals surface area contributed by atoms with E-state index in [2.05, 4.69) is 29.6 Å². The van der Waals surface area contributed by atoms with Crippen molar-refractivity contribution in [2.75, 3.05) is 31.5 Å². The van der Waals surface area contributed by atoms with E-state index >= 15 is 4.39 Å². The summed E-state index contributed by atoms with van der Waals surface area (Å²) in [5.41, 5.74) is 4.16. The summed E-state index contributed by atoms with van der Waals surface area (Å²) in [6.07, 6.45) is 5.49. The van der Waals surface area contributed by atoms with E-state index in [1.807, 2.05) is 18.0 Å². The van der Waals surface area contributed by atoms with Gasteiger partial charge in [-0.15, -0.1) is 0 Å². The molecule has 35 heavy (non-hydrogen) atoms. The van der Waals surface area contributed by atoms with Crippen LogP contribution in [0.15, 0.2) is 60.7 Å². The molecule has 0 saturated heterocycles. The minimum Gasteiger partial charge on any atom is -0.497 e. The number of ether oxygens (including phenoxy) is 2. The molecule has 2 saturated carbocycles. The molecule has 0 heterocycles. The number of carbonyl (C=O) groups excluding carboxylic acids is 1. The number of hydrogen-bond acceptors (Lipinski definition) is 5. The second-order valence-electron chi connectivity index (χ2n) is 9.62. The molecule has 0 radical (unpaired) electrons. The quantitative estimate of drug-likeness (QED) is 0.372. The maximum atomic E-state index is 15.1. The summed E-state index contributed by atoms with van der Waals surface area (Å²) in [5, 5.41) is 3.02. The lowest BCUT2D eigenvalue weighted by Gasteiger charge is -2.24. The molecule has 3 atom stereocenters. The Labute approximate surface area is 205 Å². The highest BCUT2D eigenvalue weighted by Crippen LogP contribution is 2.53. The molecule has 0 aliphatic heterocycles. The molecule has 2 aliphatic carbocycles. The highest BCUT2D eigenvalue weighted by molar-refractivity contribution is 5.97. The molecule has 0 amide bonds. The number of esters is 1. The fourth-order valence-electron chi connectivity index (χ4n) is 5.74. The predicted octanol–water partition coefficient (Wildman–Crippen LogP) is 7.04. The van der Waals surface area contributed by atoms with Crippen LogP contribution in [-0.2, 0) is 4.74 Å². The highest BCUT2D eigenvalue weighted by Gasteiger charge is 2.39. The number of hydrogen-bond donors (Lipinski definition) is 1. The number of rotatable bonds is 7. The van der Waals surface area contributed by atoms with Gasteiger partial charge in [-0.2, -0.15) is 0 Å². The van der Waals surface area contributed by atoms with Crippen LogP contribution in [0.1, 0.15) is 47.5 Å². The van der Waals surface area contributed by atoms with Gasteiger partial charge in [-0.25, -0.2) is 9.18 Å². The van der Waals surface area contributed by atoms with Crippen LogP contribution in [0.3, 0.4) is 0 Å². The first kappa shape index (κ1) is 23.2. The number of nitrogens with zero attached hydrogens (tertiary/aromatic N) is 1. The third-order valence-corrected chi connectivity index (χ3v) is 7.69. The lowest BCUT2D eigenvalue weighted by Crippen LogP contribution is -2.12. The Bertz CT molecular complexity index is 1230. The van der Waals surface area contributed by atoms with E-state index in [1.54, 1.807) is 24.3 Å². The van der Waals surface area contributed by atoms with Gasteiger partial charge in [-0.1, -0.05) is 18.6 Å². The molecule has 2 bridgehead atoms. The van der Waals surface area contributed by atoms with Crippen molar-refractivity contribution in [1.82, 2.24) is 0 Å². The maximum Gasteiger partial charge on any atom is 0.340 e. The Morgan fingerprint density at radius 1 is 0.943 bits per heavy atom. The average Bonchev–Trinajstić information content (AvgIpc) is 3.53.